The molecule has 3 rings (SSSR count). The highest BCUT2D eigenvalue weighted by molar-refractivity contribution is 7.09. The van der Waals surface area contributed by atoms with E-state index in [1.165, 1.54) is 5.56 Å². The van der Waals surface area contributed by atoms with Gasteiger partial charge >= 0.3 is 0 Å². The first-order valence-electron chi connectivity index (χ1n) is 9.89. The van der Waals surface area contributed by atoms with Crippen LogP contribution in [0.5, 0.6) is 0 Å². The van der Waals surface area contributed by atoms with E-state index < -0.39 is 0 Å². The van der Waals surface area contributed by atoms with Gasteiger partial charge in [0.15, 0.2) is 5.96 Å². The third kappa shape index (κ3) is 5.46. The quantitative estimate of drug-likeness (QED) is 0.526. The van der Waals surface area contributed by atoms with Crippen molar-refractivity contribution in [3.63, 3.8) is 0 Å². The van der Waals surface area contributed by atoms with E-state index in [1.807, 2.05) is 19.1 Å². The lowest BCUT2D eigenvalue weighted by Crippen LogP contribution is -2.42. The normalized spacial score (nSPS) is 16.8. The Kier molecular flexibility index (Phi) is 7.71. The van der Waals surface area contributed by atoms with Crippen LogP contribution in [-0.4, -0.2) is 43.8 Å². The Balaban J connectivity index is 1.70. The van der Waals surface area contributed by atoms with Crippen LogP contribution in [0.1, 0.15) is 36.0 Å². The summed E-state index contributed by atoms with van der Waals surface area (Å²) in [5.74, 6) is 0.840. The van der Waals surface area contributed by atoms with Crippen molar-refractivity contribution in [1.29, 1.82) is 0 Å². The van der Waals surface area contributed by atoms with Crippen molar-refractivity contribution in [2.75, 3.05) is 32.8 Å². The molecule has 0 aliphatic carbocycles. The summed E-state index contributed by atoms with van der Waals surface area (Å²) < 4.78 is 5.63. The van der Waals surface area contributed by atoms with E-state index >= 15 is 0 Å². The van der Waals surface area contributed by atoms with Gasteiger partial charge in [-0.25, -0.2) is 4.98 Å². The van der Waals surface area contributed by atoms with Gasteiger partial charge in [-0.1, -0.05) is 29.8 Å². The molecule has 1 aromatic carbocycles. The van der Waals surface area contributed by atoms with Gasteiger partial charge in [0.05, 0.1) is 17.2 Å². The van der Waals surface area contributed by atoms with Crippen LogP contribution >= 0.6 is 22.9 Å². The van der Waals surface area contributed by atoms with Crippen LogP contribution in [0.2, 0.25) is 5.02 Å². The largest absolute Gasteiger partial charge is 0.381 e. The Morgan fingerprint density at radius 2 is 2.07 bits per heavy atom. The second kappa shape index (κ2) is 10.2. The summed E-state index contributed by atoms with van der Waals surface area (Å²) in [6.07, 6.45) is 2.74. The minimum Gasteiger partial charge on any atom is -0.381 e. The molecule has 0 bridgehead atoms. The van der Waals surface area contributed by atoms with Gasteiger partial charge in [0, 0.05) is 48.5 Å². The van der Waals surface area contributed by atoms with E-state index in [9.17, 15) is 0 Å². The maximum atomic E-state index is 6.55. The van der Waals surface area contributed by atoms with Crippen LogP contribution in [0.25, 0.3) is 0 Å². The molecule has 1 aliphatic heterocycles. The van der Waals surface area contributed by atoms with Gasteiger partial charge in [0.2, 0.25) is 0 Å². The van der Waals surface area contributed by atoms with Crippen molar-refractivity contribution >= 4 is 28.9 Å². The summed E-state index contributed by atoms with van der Waals surface area (Å²) in [6.45, 7) is 7.92. The molecule has 2 N–H and O–H groups in total. The van der Waals surface area contributed by atoms with Crippen LogP contribution in [-0.2, 0) is 16.6 Å². The number of benzene rings is 1. The molecule has 0 atom stereocenters. The number of hydrogen-bond donors (Lipinski definition) is 2. The average Bonchev–Trinajstić information content (AvgIpc) is 3.12. The number of aromatic nitrogens is 1. The van der Waals surface area contributed by atoms with Gasteiger partial charge < -0.3 is 15.4 Å². The summed E-state index contributed by atoms with van der Waals surface area (Å²) in [7, 11) is 0. The third-order valence-corrected chi connectivity index (χ3v) is 6.27. The second-order valence-electron chi connectivity index (χ2n) is 7.10. The van der Waals surface area contributed by atoms with Crippen molar-refractivity contribution in [3.8, 4) is 0 Å². The number of ether oxygens (including phenoxy) is 1. The van der Waals surface area contributed by atoms with Crippen LogP contribution in [0.4, 0.5) is 0 Å². The molecule has 2 aromatic rings. The van der Waals surface area contributed by atoms with E-state index in [0.29, 0.717) is 6.54 Å². The summed E-state index contributed by atoms with van der Waals surface area (Å²) in [4.78, 5) is 9.45. The summed E-state index contributed by atoms with van der Waals surface area (Å²) in [6, 6.07) is 8.14. The molecule has 7 heteroatoms. The van der Waals surface area contributed by atoms with Crippen molar-refractivity contribution in [2.24, 2.45) is 4.99 Å². The van der Waals surface area contributed by atoms with Gasteiger partial charge in [-0.2, -0.15) is 0 Å². The maximum absolute atomic E-state index is 6.55. The first kappa shape index (κ1) is 21.1. The molecule has 1 fully saturated rings. The number of aliphatic imine (C=N–C) groups is 1. The van der Waals surface area contributed by atoms with E-state index in [1.54, 1.807) is 11.3 Å². The lowest BCUT2D eigenvalue weighted by molar-refractivity contribution is 0.0531. The molecule has 2 heterocycles. The maximum Gasteiger partial charge on any atom is 0.191 e. The first-order valence-corrected chi connectivity index (χ1v) is 11.1. The fourth-order valence-electron chi connectivity index (χ4n) is 3.57. The van der Waals surface area contributed by atoms with Crippen LogP contribution in [0.3, 0.4) is 0 Å². The minimum absolute atomic E-state index is 0.0784. The monoisotopic (exact) mass is 420 g/mol. The highest BCUT2D eigenvalue weighted by Crippen LogP contribution is 2.38. The van der Waals surface area contributed by atoms with Gasteiger partial charge in [0.25, 0.3) is 0 Å². The summed E-state index contributed by atoms with van der Waals surface area (Å²) >= 11 is 8.24. The minimum atomic E-state index is -0.0784. The molecule has 1 aliphatic rings. The number of halogens is 1. The predicted molar refractivity (Wildman–Crippen MR) is 118 cm³/mol. The molecular weight excluding hydrogens is 392 g/mol. The predicted octanol–water partition coefficient (Wildman–Crippen LogP) is 3.95. The number of nitrogens with one attached hydrogen (secondary N) is 2. The van der Waals surface area contributed by atoms with E-state index in [0.717, 1.165) is 67.2 Å². The third-order valence-electron chi connectivity index (χ3n) is 5.12. The van der Waals surface area contributed by atoms with Gasteiger partial charge in [-0.05, 0) is 38.3 Å². The number of aryl methyl sites for hydroxylation is 1. The Morgan fingerprint density at radius 1 is 1.29 bits per heavy atom. The van der Waals surface area contributed by atoms with Crippen molar-refractivity contribution in [3.05, 3.63) is 50.9 Å². The molecule has 1 saturated heterocycles. The number of guanidine groups is 1. The van der Waals surface area contributed by atoms with E-state index in [4.69, 9.17) is 21.3 Å². The standard InChI is InChI=1S/C21H29ClN4OS/c1-3-23-20(24-11-8-17-14-28-16(2)26-17)25-15-21(9-12-27-13-10-21)18-6-4-5-7-19(18)22/h4-7,14H,3,8-13,15H2,1-2H3,(H2,23,24,25). The van der Waals surface area contributed by atoms with Crippen molar-refractivity contribution in [2.45, 2.75) is 38.5 Å². The summed E-state index contributed by atoms with van der Waals surface area (Å²) in [5.41, 5.74) is 2.23. The Hall–Kier alpha value is -1.63. The SMILES string of the molecule is CCNC(=NCC1(c2ccccc2Cl)CCOCC1)NCCc1csc(C)n1. The molecule has 28 heavy (non-hydrogen) atoms. The van der Waals surface area contributed by atoms with Crippen LogP contribution in [0, 0.1) is 6.92 Å². The number of rotatable bonds is 7. The average molecular weight is 421 g/mol. The molecule has 0 saturated carbocycles. The molecular formula is C21H29ClN4OS. The Morgan fingerprint density at radius 3 is 2.75 bits per heavy atom. The van der Waals surface area contributed by atoms with Crippen molar-refractivity contribution < 1.29 is 4.74 Å². The topological polar surface area (TPSA) is 58.5 Å². The second-order valence-corrected chi connectivity index (χ2v) is 8.57. The fourth-order valence-corrected chi connectivity index (χ4v) is 4.55. The molecule has 0 radical (unpaired) electrons. The number of thiazole rings is 1. The zero-order chi connectivity index (χ0) is 19.8. The number of nitrogens with zero attached hydrogens (tertiary/aromatic N) is 2. The lowest BCUT2D eigenvalue weighted by Gasteiger charge is -2.37. The van der Waals surface area contributed by atoms with Crippen LogP contribution < -0.4 is 10.6 Å². The van der Waals surface area contributed by atoms with Gasteiger partial charge in [-0.3, -0.25) is 4.99 Å². The Bertz CT molecular complexity index is 786. The molecule has 0 amide bonds. The number of hydrogen-bond acceptors (Lipinski definition) is 4. The lowest BCUT2D eigenvalue weighted by atomic mass is 9.74. The van der Waals surface area contributed by atoms with E-state index in [2.05, 4.69) is 40.1 Å². The molecule has 152 valence electrons. The van der Waals surface area contributed by atoms with Gasteiger partial charge in [-0.15, -0.1) is 11.3 Å². The summed E-state index contributed by atoms with van der Waals surface area (Å²) in [5, 5.41) is 10.8. The molecule has 0 spiro atoms. The zero-order valence-electron chi connectivity index (χ0n) is 16.6. The van der Waals surface area contributed by atoms with E-state index in [-0.39, 0.29) is 5.41 Å². The van der Waals surface area contributed by atoms with Gasteiger partial charge in [0.1, 0.15) is 0 Å². The highest BCUT2D eigenvalue weighted by Gasteiger charge is 2.36. The molecule has 0 unspecified atom stereocenters. The first-order chi connectivity index (χ1) is 13.6. The van der Waals surface area contributed by atoms with Crippen molar-refractivity contribution in [1.82, 2.24) is 15.6 Å². The zero-order valence-corrected chi connectivity index (χ0v) is 18.2. The highest BCUT2D eigenvalue weighted by atomic mass is 35.5. The molecule has 1 aromatic heterocycles. The van der Waals surface area contributed by atoms with Crippen LogP contribution in [0.15, 0.2) is 34.6 Å². The fraction of sp³-hybridized carbons (Fsp3) is 0.524. The Labute approximate surface area is 176 Å². The smallest absolute Gasteiger partial charge is 0.191 e. The molecule has 5 nitrogen and oxygen atoms in total.